The molecule has 0 saturated carbocycles. The van der Waals surface area contributed by atoms with E-state index in [0.29, 0.717) is 31.5 Å². The molecule has 3 aliphatic heterocycles. The van der Waals surface area contributed by atoms with Gasteiger partial charge in [0.1, 0.15) is 5.82 Å². The smallest absolute Gasteiger partial charge is 0.325 e. The molecule has 0 aliphatic carbocycles. The number of nitrogens with zero attached hydrogens (tertiary/aromatic N) is 2. The number of hydrogen-bond donors (Lipinski definition) is 2. The first kappa shape index (κ1) is 19.6. The molecule has 3 heterocycles. The standard InChI is InChI=1S/C21H25FN4O3/c22-17-6-2-1-4-14(17)7-8-18(27)25-12-9-15(10-13-25)26-20(28)16-5-3-11-23-19(16)24-21(26)29/h1-2,4,6-8,15-16,19,23H,3,5,9-13H2,(H,24,29)/b8-7+. The van der Waals surface area contributed by atoms with Gasteiger partial charge in [-0.25, -0.2) is 9.18 Å². The quantitative estimate of drug-likeness (QED) is 0.757. The Bertz CT molecular complexity index is 835. The van der Waals surface area contributed by atoms with Crippen molar-refractivity contribution < 1.29 is 18.8 Å². The van der Waals surface area contributed by atoms with Crippen molar-refractivity contribution in [2.24, 2.45) is 5.92 Å². The fourth-order valence-electron chi connectivity index (χ4n) is 4.35. The summed E-state index contributed by atoms with van der Waals surface area (Å²) in [4.78, 5) is 40.8. The molecule has 0 radical (unpaired) electrons. The first-order valence-electron chi connectivity index (χ1n) is 10.1. The van der Waals surface area contributed by atoms with Crippen LogP contribution in [-0.4, -0.2) is 59.5 Å². The minimum Gasteiger partial charge on any atom is -0.339 e. The first-order valence-corrected chi connectivity index (χ1v) is 10.1. The second-order valence-electron chi connectivity index (χ2n) is 7.75. The highest BCUT2D eigenvalue weighted by Gasteiger charge is 2.45. The van der Waals surface area contributed by atoms with E-state index in [0.717, 1.165) is 19.4 Å². The highest BCUT2D eigenvalue weighted by Crippen LogP contribution is 2.27. The summed E-state index contributed by atoms with van der Waals surface area (Å²) >= 11 is 0. The van der Waals surface area contributed by atoms with Gasteiger partial charge in [-0.2, -0.15) is 0 Å². The zero-order valence-electron chi connectivity index (χ0n) is 16.1. The number of amides is 4. The Morgan fingerprint density at radius 3 is 2.66 bits per heavy atom. The molecular weight excluding hydrogens is 375 g/mol. The number of nitrogens with one attached hydrogen (secondary N) is 2. The first-order chi connectivity index (χ1) is 14.0. The predicted molar refractivity (Wildman–Crippen MR) is 105 cm³/mol. The number of piperidine rings is 2. The van der Waals surface area contributed by atoms with Crippen LogP contribution >= 0.6 is 0 Å². The van der Waals surface area contributed by atoms with Crippen molar-refractivity contribution in [2.45, 2.75) is 37.9 Å². The van der Waals surface area contributed by atoms with E-state index in [9.17, 15) is 18.8 Å². The highest BCUT2D eigenvalue weighted by atomic mass is 19.1. The summed E-state index contributed by atoms with van der Waals surface area (Å²) in [7, 11) is 0. The average Bonchev–Trinajstić information content (AvgIpc) is 2.73. The summed E-state index contributed by atoms with van der Waals surface area (Å²) in [5.41, 5.74) is 0.363. The molecule has 0 aromatic heterocycles. The second kappa shape index (κ2) is 8.32. The number of rotatable bonds is 3. The van der Waals surface area contributed by atoms with Crippen LogP contribution in [0.5, 0.6) is 0 Å². The molecular formula is C21H25FN4O3. The van der Waals surface area contributed by atoms with Gasteiger partial charge in [-0.1, -0.05) is 18.2 Å². The maximum absolute atomic E-state index is 13.7. The average molecular weight is 400 g/mol. The van der Waals surface area contributed by atoms with Crippen molar-refractivity contribution in [3.8, 4) is 0 Å². The number of hydrogen-bond acceptors (Lipinski definition) is 4. The van der Waals surface area contributed by atoms with Gasteiger partial charge in [-0.15, -0.1) is 0 Å². The van der Waals surface area contributed by atoms with E-state index in [2.05, 4.69) is 10.6 Å². The molecule has 8 heteroatoms. The van der Waals surface area contributed by atoms with Gasteiger partial charge >= 0.3 is 6.03 Å². The number of halogens is 1. The number of likely N-dealkylation sites (tertiary alicyclic amines) is 1. The maximum atomic E-state index is 13.7. The zero-order chi connectivity index (χ0) is 20.4. The Morgan fingerprint density at radius 2 is 1.90 bits per heavy atom. The Hall–Kier alpha value is -2.74. The molecule has 154 valence electrons. The summed E-state index contributed by atoms with van der Waals surface area (Å²) in [5.74, 6) is -0.905. The van der Waals surface area contributed by atoms with Crippen molar-refractivity contribution in [1.29, 1.82) is 0 Å². The summed E-state index contributed by atoms with van der Waals surface area (Å²) < 4.78 is 13.7. The summed E-state index contributed by atoms with van der Waals surface area (Å²) in [6.45, 7) is 1.71. The summed E-state index contributed by atoms with van der Waals surface area (Å²) in [6.07, 6.45) is 5.35. The molecule has 0 bridgehead atoms. The molecule has 4 amide bonds. The lowest BCUT2D eigenvalue weighted by atomic mass is 9.91. The lowest BCUT2D eigenvalue weighted by molar-refractivity contribution is -0.140. The molecule has 2 atom stereocenters. The van der Waals surface area contributed by atoms with Gasteiger partial charge in [-0.05, 0) is 44.4 Å². The molecule has 4 rings (SSSR count). The van der Waals surface area contributed by atoms with E-state index in [4.69, 9.17) is 0 Å². The monoisotopic (exact) mass is 400 g/mol. The van der Waals surface area contributed by atoms with Crippen LogP contribution in [0.2, 0.25) is 0 Å². The molecule has 3 saturated heterocycles. The largest absolute Gasteiger partial charge is 0.339 e. The van der Waals surface area contributed by atoms with Crippen LogP contribution < -0.4 is 10.6 Å². The van der Waals surface area contributed by atoms with Crippen LogP contribution in [0.25, 0.3) is 6.08 Å². The van der Waals surface area contributed by atoms with Gasteiger partial charge in [0.15, 0.2) is 0 Å². The molecule has 3 aliphatic rings. The molecule has 7 nitrogen and oxygen atoms in total. The topological polar surface area (TPSA) is 81.8 Å². The van der Waals surface area contributed by atoms with Crippen LogP contribution in [-0.2, 0) is 9.59 Å². The summed E-state index contributed by atoms with van der Waals surface area (Å²) in [5, 5.41) is 6.09. The number of carbonyl (C=O) groups excluding carboxylic acids is 3. The highest BCUT2D eigenvalue weighted by molar-refractivity contribution is 5.99. The number of carbonyl (C=O) groups is 3. The minimum atomic E-state index is -0.375. The summed E-state index contributed by atoms with van der Waals surface area (Å²) in [6, 6.07) is 5.72. The fourth-order valence-corrected chi connectivity index (χ4v) is 4.35. The Morgan fingerprint density at radius 1 is 1.14 bits per heavy atom. The molecule has 2 unspecified atom stereocenters. The van der Waals surface area contributed by atoms with E-state index in [1.54, 1.807) is 23.1 Å². The van der Waals surface area contributed by atoms with Crippen molar-refractivity contribution in [1.82, 2.24) is 20.4 Å². The van der Waals surface area contributed by atoms with Gasteiger partial charge in [0.2, 0.25) is 11.8 Å². The van der Waals surface area contributed by atoms with Crippen LogP contribution in [0.3, 0.4) is 0 Å². The molecule has 3 fully saturated rings. The third-order valence-corrected chi connectivity index (χ3v) is 5.96. The van der Waals surface area contributed by atoms with E-state index in [1.165, 1.54) is 23.1 Å². The normalized spacial score (nSPS) is 25.8. The lowest BCUT2D eigenvalue weighted by Gasteiger charge is -2.45. The van der Waals surface area contributed by atoms with Crippen molar-refractivity contribution >= 4 is 23.9 Å². The molecule has 0 spiro atoms. The van der Waals surface area contributed by atoms with E-state index >= 15 is 0 Å². The zero-order valence-corrected chi connectivity index (χ0v) is 16.1. The number of fused-ring (bicyclic) bond motifs is 1. The SMILES string of the molecule is O=C(/C=C/c1ccccc1F)N1CCC(N2C(=O)NC3NCCCC3C2=O)CC1. The number of benzene rings is 1. The fraction of sp³-hybridized carbons (Fsp3) is 0.476. The lowest BCUT2D eigenvalue weighted by Crippen LogP contribution is -2.68. The molecule has 29 heavy (non-hydrogen) atoms. The van der Waals surface area contributed by atoms with Crippen LogP contribution in [0.15, 0.2) is 30.3 Å². The molecule has 2 N–H and O–H groups in total. The maximum Gasteiger partial charge on any atom is 0.325 e. The van der Waals surface area contributed by atoms with Gasteiger partial charge < -0.3 is 10.2 Å². The van der Waals surface area contributed by atoms with E-state index in [-0.39, 0.29) is 41.8 Å². The third-order valence-electron chi connectivity index (χ3n) is 5.96. The predicted octanol–water partition coefficient (Wildman–Crippen LogP) is 1.71. The Kier molecular flexibility index (Phi) is 5.62. The van der Waals surface area contributed by atoms with E-state index in [1.807, 2.05) is 0 Å². The van der Waals surface area contributed by atoms with Gasteiger partial charge in [0.05, 0.1) is 12.1 Å². The van der Waals surface area contributed by atoms with Crippen LogP contribution in [0.1, 0.15) is 31.2 Å². The van der Waals surface area contributed by atoms with Crippen molar-refractivity contribution in [2.75, 3.05) is 19.6 Å². The van der Waals surface area contributed by atoms with Gasteiger partial charge in [0, 0.05) is 30.8 Å². The van der Waals surface area contributed by atoms with Crippen molar-refractivity contribution in [3.05, 3.63) is 41.7 Å². The Balaban J connectivity index is 1.35. The molecule has 1 aromatic rings. The van der Waals surface area contributed by atoms with Gasteiger partial charge in [-0.3, -0.25) is 19.8 Å². The number of imide groups is 1. The van der Waals surface area contributed by atoms with Crippen LogP contribution in [0.4, 0.5) is 9.18 Å². The second-order valence-corrected chi connectivity index (χ2v) is 7.75. The van der Waals surface area contributed by atoms with Crippen molar-refractivity contribution in [3.63, 3.8) is 0 Å². The van der Waals surface area contributed by atoms with Crippen LogP contribution in [0, 0.1) is 11.7 Å². The third kappa shape index (κ3) is 4.03. The number of urea groups is 1. The van der Waals surface area contributed by atoms with Gasteiger partial charge in [0.25, 0.3) is 0 Å². The Labute approximate surface area is 168 Å². The van der Waals surface area contributed by atoms with E-state index < -0.39 is 0 Å². The molecule has 1 aromatic carbocycles. The minimum absolute atomic E-state index is 0.116.